The lowest BCUT2D eigenvalue weighted by atomic mass is 10.3. The molecule has 1 aromatic carbocycles. The largest absolute Gasteiger partial charge is 0.497 e. The zero-order valence-electron chi connectivity index (χ0n) is 11.8. The van der Waals surface area contributed by atoms with E-state index in [1.165, 1.54) is 0 Å². The quantitative estimate of drug-likeness (QED) is 0.519. The van der Waals surface area contributed by atoms with Crippen LogP contribution in [0.1, 0.15) is 5.56 Å². The minimum atomic E-state index is 0.828. The van der Waals surface area contributed by atoms with E-state index in [0.29, 0.717) is 0 Å². The second kappa shape index (κ2) is 6.69. The highest BCUT2D eigenvalue weighted by Crippen LogP contribution is 2.22. The molecule has 0 spiro atoms. The van der Waals surface area contributed by atoms with Gasteiger partial charge in [0.15, 0.2) is 5.16 Å². The maximum atomic E-state index is 5.21. The molecule has 0 fully saturated rings. The SMILES string of the molecule is COc1ccc2nc(SCCNCc3ccoc3)[nH]c2c1. The number of imidazole rings is 1. The zero-order chi connectivity index (χ0) is 14.5. The smallest absolute Gasteiger partial charge is 0.166 e. The van der Waals surface area contributed by atoms with Crippen molar-refractivity contribution >= 4 is 22.8 Å². The van der Waals surface area contributed by atoms with Crippen LogP contribution in [-0.4, -0.2) is 29.4 Å². The molecule has 0 aliphatic rings. The molecule has 3 rings (SSSR count). The van der Waals surface area contributed by atoms with Crippen molar-refractivity contribution in [3.05, 3.63) is 42.4 Å². The van der Waals surface area contributed by atoms with E-state index in [-0.39, 0.29) is 0 Å². The summed E-state index contributed by atoms with van der Waals surface area (Å²) in [6, 6.07) is 7.81. The van der Waals surface area contributed by atoms with Gasteiger partial charge < -0.3 is 19.5 Å². The molecule has 0 aliphatic carbocycles. The second-order valence-electron chi connectivity index (χ2n) is 4.58. The molecule has 5 nitrogen and oxygen atoms in total. The Morgan fingerprint density at radius 1 is 1.38 bits per heavy atom. The van der Waals surface area contributed by atoms with E-state index >= 15 is 0 Å². The van der Waals surface area contributed by atoms with Gasteiger partial charge in [-0.3, -0.25) is 0 Å². The molecule has 0 radical (unpaired) electrons. The van der Waals surface area contributed by atoms with Crippen LogP contribution in [-0.2, 0) is 6.54 Å². The Balaban J connectivity index is 1.48. The summed E-state index contributed by atoms with van der Waals surface area (Å²) in [5.41, 5.74) is 3.13. The van der Waals surface area contributed by atoms with E-state index in [1.54, 1.807) is 31.4 Å². The normalized spacial score (nSPS) is 11.1. The lowest BCUT2D eigenvalue weighted by molar-refractivity contribution is 0.415. The predicted molar refractivity (Wildman–Crippen MR) is 83.8 cm³/mol. The number of hydrogen-bond donors (Lipinski definition) is 2. The van der Waals surface area contributed by atoms with Gasteiger partial charge in [-0.1, -0.05) is 11.8 Å². The second-order valence-corrected chi connectivity index (χ2v) is 5.67. The Hall–Kier alpha value is -1.92. The van der Waals surface area contributed by atoms with Crippen molar-refractivity contribution in [1.82, 2.24) is 15.3 Å². The number of fused-ring (bicyclic) bond motifs is 1. The summed E-state index contributed by atoms with van der Waals surface area (Å²) >= 11 is 1.70. The standard InChI is InChI=1S/C15H17N3O2S/c1-19-12-2-3-13-14(8-12)18-15(17-13)21-7-5-16-9-11-4-6-20-10-11/h2-4,6,8,10,16H,5,7,9H2,1H3,(H,17,18). The van der Waals surface area contributed by atoms with Crippen molar-refractivity contribution in [2.45, 2.75) is 11.7 Å². The minimum Gasteiger partial charge on any atom is -0.497 e. The highest BCUT2D eigenvalue weighted by Gasteiger charge is 2.04. The number of aromatic amines is 1. The van der Waals surface area contributed by atoms with Gasteiger partial charge in [0, 0.05) is 30.5 Å². The molecule has 6 heteroatoms. The number of aromatic nitrogens is 2. The van der Waals surface area contributed by atoms with Crippen molar-refractivity contribution in [1.29, 1.82) is 0 Å². The van der Waals surface area contributed by atoms with Gasteiger partial charge >= 0.3 is 0 Å². The Kier molecular flexibility index (Phi) is 4.47. The summed E-state index contributed by atoms with van der Waals surface area (Å²) in [6.07, 6.45) is 3.45. The average Bonchev–Trinajstić information content (AvgIpc) is 3.14. The molecule has 110 valence electrons. The van der Waals surface area contributed by atoms with Gasteiger partial charge in [0.05, 0.1) is 30.7 Å². The number of H-pyrrole nitrogens is 1. The van der Waals surface area contributed by atoms with Gasteiger partial charge in [-0.15, -0.1) is 0 Å². The van der Waals surface area contributed by atoms with Crippen LogP contribution >= 0.6 is 11.8 Å². The maximum Gasteiger partial charge on any atom is 0.166 e. The van der Waals surface area contributed by atoms with Gasteiger partial charge in [0.25, 0.3) is 0 Å². The number of benzene rings is 1. The van der Waals surface area contributed by atoms with E-state index in [1.807, 2.05) is 24.3 Å². The predicted octanol–water partition coefficient (Wildman–Crippen LogP) is 3.05. The van der Waals surface area contributed by atoms with Crippen LogP contribution in [0.25, 0.3) is 11.0 Å². The Bertz CT molecular complexity index is 694. The summed E-state index contributed by atoms with van der Waals surface area (Å²) in [5, 5.41) is 4.30. The molecule has 0 unspecified atom stereocenters. The molecule has 0 atom stereocenters. The van der Waals surface area contributed by atoms with Crippen LogP contribution < -0.4 is 10.1 Å². The number of nitrogens with zero attached hydrogens (tertiary/aromatic N) is 1. The van der Waals surface area contributed by atoms with Gasteiger partial charge in [0.1, 0.15) is 5.75 Å². The van der Waals surface area contributed by atoms with Crippen molar-refractivity contribution in [2.24, 2.45) is 0 Å². The van der Waals surface area contributed by atoms with E-state index in [9.17, 15) is 0 Å². The van der Waals surface area contributed by atoms with Crippen molar-refractivity contribution in [3.8, 4) is 5.75 Å². The Labute approximate surface area is 127 Å². The molecular weight excluding hydrogens is 286 g/mol. The Morgan fingerprint density at radius 3 is 3.14 bits per heavy atom. The number of ether oxygens (including phenoxy) is 1. The monoisotopic (exact) mass is 303 g/mol. The van der Waals surface area contributed by atoms with Crippen LogP contribution in [0, 0.1) is 0 Å². The number of hydrogen-bond acceptors (Lipinski definition) is 5. The van der Waals surface area contributed by atoms with E-state index in [2.05, 4.69) is 15.3 Å². The number of nitrogens with one attached hydrogen (secondary N) is 2. The lowest BCUT2D eigenvalue weighted by Gasteiger charge is -2.01. The summed E-state index contributed by atoms with van der Waals surface area (Å²) in [7, 11) is 1.67. The number of rotatable bonds is 7. The molecule has 0 aliphatic heterocycles. The maximum absolute atomic E-state index is 5.21. The van der Waals surface area contributed by atoms with E-state index in [0.717, 1.165) is 46.3 Å². The average molecular weight is 303 g/mol. The lowest BCUT2D eigenvalue weighted by Crippen LogP contribution is -2.16. The minimum absolute atomic E-state index is 0.828. The first-order chi connectivity index (χ1) is 10.3. The van der Waals surface area contributed by atoms with E-state index in [4.69, 9.17) is 9.15 Å². The summed E-state index contributed by atoms with van der Waals surface area (Å²) < 4.78 is 10.2. The van der Waals surface area contributed by atoms with E-state index < -0.39 is 0 Å². The highest BCUT2D eigenvalue weighted by molar-refractivity contribution is 7.99. The molecular formula is C15H17N3O2S. The summed E-state index contributed by atoms with van der Waals surface area (Å²) in [5.74, 6) is 1.79. The molecule has 0 bridgehead atoms. The highest BCUT2D eigenvalue weighted by atomic mass is 32.2. The Morgan fingerprint density at radius 2 is 2.33 bits per heavy atom. The number of methoxy groups -OCH3 is 1. The molecule has 21 heavy (non-hydrogen) atoms. The fraction of sp³-hybridized carbons (Fsp3) is 0.267. The third kappa shape index (κ3) is 3.59. The van der Waals surface area contributed by atoms with Crippen LogP contribution in [0.3, 0.4) is 0 Å². The first-order valence-corrected chi connectivity index (χ1v) is 7.72. The topological polar surface area (TPSA) is 63.1 Å². The van der Waals surface area contributed by atoms with Crippen molar-refractivity contribution in [2.75, 3.05) is 19.4 Å². The first kappa shape index (κ1) is 14.0. The third-order valence-corrected chi connectivity index (χ3v) is 3.97. The molecule has 0 saturated heterocycles. The molecule has 0 amide bonds. The summed E-state index contributed by atoms with van der Waals surface area (Å²) in [4.78, 5) is 7.85. The molecule has 2 aromatic heterocycles. The summed E-state index contributed by atoms with van der Waals surface area (Å²) in [6.45, 7) is 1.74. The first-order valence-electron chi connectivity index (χ1n) is 6.73. The molecule has 0 saturated carbocycles. The van der Waals surface area contributed by atoms with Crippen LogP contribution in [0.5, 0.6) is 5.75 Å². The van der Waals surface area contributed by atoms with Gasteiger partial charge in [0.2, 0.25) is 0 Å². The van der Waals surface area contributed by atoms with Crippen LogP contribution in [0.2, 0.25) is 0 Å². The fourth-order valence-electron chi connectivity index (χ4n) is 2.01. The van der Waals surface area contributed by atoms with Crippen LogP contribution in [0.15, 0.2) is 46.4 Å². The number of furan rings is 1. The van der Waals surface area contributed by atoms with Crippen molar-refractivity contribution in [3.63, 3.8) is 0 Å². The van der Waals surface area contributed by atoms with Gasteiger partial charge in [-0.25, -0.2) is 4.98 Å². The molecule has 2 N–H and O–H groups in total. The molecule has 2 heterocycles. The number of thioether (sulfide) groups is 1. The molecule has 3 aromatic rings. The van der Waals surface area contributed by atoms with Crippen molar-refractivity contribution < 1.29 is 9.15 Å². The third-order valence-electron chi connectivity index (χ3n) is 3.09. The van der Waals surface area contributed by atoms with Crippen LogP contribution in [0.4, 0.5) is 0 Å². The zero-order valence-corrected chi connectivity index (χ0v) is 12.6. The van der Waals surface area contributed by atoms with Gasteiger partial charge in [-0.2, -0.15) is 0 Å². The fourth-order valence-corrected chi connectivity index (χ4v) is 2.79. The van der Waals surface area contributed by atoms with Gasteiger partial charge in [-0.05, 0) is 18.2 Å².